The zero-order chi connectivity index (χ0) is 8.97. The molecule has 0 bridgehead atoms. The van der Waals surface area contributed by atoms with E-state index in [1.165, 1.54) is 0 Å². The highest BCUT2D eigenvalue weighted by atomic mass is 16.5. The molecule has 0 aromatic heterocycles. The van der Waals surface area contributed by atoms with E-state index in [0.717, 1.165) is 11.1 Å². The summed E-state index contributed by atoms with van der Waals surface area (Å²) < 4.78 is 0. The average molecular weight is 165 g/mol. The molecule has 1 amide bonds. The third-order valence-corrected chi connectivity index (χ3v) is 1.74. The summed E-state index contributed by atoms with van der Waals surface area (Å²) in [5.74, 6) is -0.385. The lowest BCUT2D eigenvalue weighted by molar-refractivity contribution is -0.128. The van der Waals surface area contributed by atoms with Crippen LogP contribution in [0.1, 0.15) is 11.1 Å². The van der Waals surface area contributed by atoms with Crippen molar-refractivity contribution in [2.45, 2.75) is 13.3 Å². The highest BCUT2D eigenvalue weighted by Gasteiger charge is 2.02. The molecule has 0 aliphatic rings. The van der Waals surface area contributed by atoms with Crippen molar-refractivity contribution in [2.75, 3.05) is 0 Å². The van der Waals surface area contributed by atoms with Crippen molar-refractivity contribution in [3.63, 3.8) is 0 Å². The Bertz CT molecular complexity index is 284. The second-order valence-corrected chi connectivity index (χ2v) is 2.64. The van der Waals surface area contributed by atoms with Gasteiger partial charge in [0.25, 0.3) is 0 Å². The molecular weight excluding hydrogens is 154 g/mol. The van der Waals surface area contributed by atoms with Crippen LogP contribution in [-0.4, -0.2) is 11.1 Å². The molecule has 64 valence electrons. The number of carbonyl (C=O) groups excluding carboxylic acids is 1. The van der Waals surface area contributed by atoms with Crippen molar-refractivity contribution in [2.24, 2.45) is 0 Å². The van der Waals surface area contributed by atoms with Gasteiger partial charge in [-0.1, -0.05) is 24.3 Å². The lowest BCUT2D eigenvalue weighted by Gasteiger charge is -2.02. The minimum absolute atomic E-state index is 0.225. The minimum Gasteiger partial charge on any atom is -0.289 e. The van der Waals surface area contributed by atoms with Crippen LogP contribution in [0.25, 0.3) is 0 Å². The van der Waals surface area contributed by atoms with E-state index in [2.05, 4.69) is 0 Å². The van der Waals surface area contributed by atoms with Crippen molar-refractivity contribution in [3.8, 4) is 0 Å². The largest absolute Gasteiger partial charge is 0.289 e. The smallest absolute Gasteiger partial charge is 0.247 e. The summed E-state index contributed by atoms with van der Waals surface area (Å²) >= 11 is 0. The first-order chi connectivity index (χ1) is 5.74. The number of benzene rings is 1. The topological polar surface area (TPSA) is 49.3 Å². The maximum Gasteiger partial charge on any atom is 0.247 e. The quantitative estimate of drug-likeness (QED) is 0.508. The minimum atomic E-state index is -0.385. The summed E-state index contributed by atoms with van der Waals surface area (Å²) in [4.78, 5) is 10.8. The van der Waals surface area contributed by atoms with Gasteiger partial charge in [-0.3, -0.25) is 10.0 Å². The molecule has 0 heterocycles. The van der Waals surface area contributed by atoms with Gasteiger partial charge < -0.3 is 0 Å². The first kappa shape index (κ1) is 8.74. The van der Waals surface area contributed by atoms with Gasteiger partial charge in [0.1, 0.15) is 0 Å². The van der Waals surface area contributed by atoms with Crippen LogP contribution in [0.5, 0.6) is 0 Å². The van der Waals surface area contributed by atoms with Crippen LogP contribution >= 0.6 is 0 Å². The van der Waals surface area contributed by atoms with Gasteiger partial charge in [0.15, 0.2) is 0 Å². The van der Waals surface area contributed by atoms with Gasteiger partial charge in [0.05, 0.1) is 6.42 Å². The summed E-state index contributed by atoms with van der Waals surface area (Å²) in [6, 6.07) is 7.58. The van der Waals surface area contributed by atoms with Crippen LogP contribution in [0.3, 0.4) is 0 Å². The fourth-order valence-electron chi connectivity index (χ4n) is 1.02. The van der Waals surface area contributed by atoms with Crippen molar-refractivity contribution in [1.82, 2.24) is 5.48 Å². The van der Waals surface area contributed by atoms with E-state index >= 15 is 0 Å². The molecule has 0 fully saturated rings. The molecule has 0 spiro atoms. The van der Waals surface area contributed by atoms with E-state index in [1.54, 1.807) is 5.48 Å². The van der Waals surface area contributed by atoms with Gasteiger partial charge in [-0.2, -0.15) is 0 Å². The van der Waals surface area contributed by atoms with Gasteiger partial charge >= 0.3 is 0 Å². The number of nitrogens with one attached hydrogen (secondary N) is 1. The standard InChI is InChI=1S/C9H11NO2/c1-7-4-2-3-5-8(7)6-9(11)10-12/h2-5,12H,6H2,1H3,(H,10,11). The number of amides is 1. The Kier molecular flexibility index (Phi) is 2.82. The monoisotopic (exact) mass is 165 g/mol. The summed E-state index contributed by atoms with van der Waals surface area (Å²) in [7, 11) is 0. The van der Waals surface area contributed by atoms with Gasteiger partial charge in [0, 0.05) is 0 Å². The second kappa shape index (κ2) is 3.88. The molecule has 3 nitrogen and oxygen atoms in total. The molecule has 0 unspecified atom stereocenters. The van der Waals surface area contributed by atoms with E-state index in [-0.39, 0.29) is 12.3 Å². The molecule has 12 heavy (non-hydrogen) atoms. The Morgan fingerprint density at radius 3 is 2.75 bits per heavy atom. The molecule has 3 heteroatoms. The van der Waals surface area contributed by atoms with Crippen LogP contribution in [0.15, 0.2) is 24.3 Å². The van der Waals surface area contributed by atoms with Gasteiger partial charge in [-0.15, -0.1) is 0 Å². The summed E-state index contributed by atoms with van der Waals surface area (Å²) in [6.07, 6.45) is 0.225. The van der Waals surface area contributed by atoms with E-state index in [9.17, 15) is 4.79 Å². The van der Waals surface area contributed by atoms with E-state index in [4.69, 9.17) is 5.21 Å². The van der Waals surface area contributed by atoms with Crippen molar-refractivity contribution >= 4 is 5.91 Å². The molecule has 0 atom stereocenters. The third-order valence-electron chi connectivity index (χ3n) is 1.74. The zero-order valence-corrected chi connectivity index (χ0v) is 6.87. The highest BCUT2D eigenvalue weighted by molar-refractivity contribution is 5.77. The maximum absolute atomic E-state index is 10.8. The Hall–Kier alpha value is -1.35. The normalized spacial score (nSPS) is 9.50. The molecule has 0 radical (unpaired) electrons. The molecule has 1 aromatic rings. The number of carbonyl (C=O) groups is 1. The third kappa shape index (κ3) is 2.07. The van der Waals surface area contributed by atoms with Gasteiger partial charge in [0.2, 0.25) is 5.91 Å². The summed E-state index contributed by atoms with van der Waals surface area (Å²) in [6.45, 7) is 1.93. The van der Waals surface area contributed by atoms with E-state index in [0.29, 0.717) is 0 Å². The van der Waals surface area contributed by atoms with Crippen molar-refractivity contribution in [1.29, 1.82) is 0 Å². The Balaban J connectivity index is 2.75. The molecule has 0 aliphatic carbocycles. The number of rotatable bonds is 2. The number of hydrogen-bond donors (Lipinski definition) is 2. The lowest BCUT2D eigenvalue weighted by Crippen LogP contribution is -2.21. The summed E-state index contributed by atoms with van der Waals surface area (Å²) in [5, 5.41) is 8.29. The molecular formula is C9H11NO2. The van der Waals surface area contributed by atoms with E-state index < -0.39 is 0 Å². The molecule has 1 aromatic carbocycles. The fourth-order valence-corrected chi connectivity index (χ4v) is 1.02. The number of hydroxylamine groups is 1. The highest BCUT2D eigenvalue weighted by Crippen LogP contribution is 2.06. The Labute approximate surface area is 71.0 Å². The van der Waals surface area contributed by atoms with Crippen LogP contribution in [-0.2, 0) is 11.2 Å². The first-order valence-corrected chi connectivity index (χ1v) is 3.71. The maximum atomic E-state index is 10.8. The SMILES string of the molecule is Cc1ccccc1CC(=O)NO. The molecule has 2 N–H and O–H groups in total. The van der Waals surface area contributed by atoms with Crippen LogP contribution in [0.2, 0.25) is 0 Å². The number of hydrogen-bond acceptors (Lipinski definition) is 2. The van der Waals surface area contributed by atoms with Crippen LogP contribution < -0.4 is 5.48 Å². The Morgan fingerprint density at radius 1 is 1.50 bits per heavy atom. The number of aryl methyl sites for hydroxylation is 1. The lowest BCUT2D eigenvalue weighted by atomic mass is 10.1. The van der Waals surface area contributed by atoms with Crippen molar-refractivity contribution < 1.29 is 10.0 Å². The van der Waals surface area contributed by atoms with Gasteiger partial charge in [-0.25, -0.2) is 5.48 Å². The summed E-state index contributed by atoms with van der Waals surface area (Å²) in [5.41, 5.74) is 3.59. The van der Waals surface area contributed by atoms with Crippen molar-refractivity contribution in [3.05, 3.63) is 35.4 Å². The molecule has 0 saturated heterocycles. The zero-order valence-electron chi connectivity index (χ0n) is 6.87. The molecule has 0 saturated carbocycles. The van der Waals surface area contributed by atoms with Crippen LogP contribution in [0.4, 0.5) is 0 Å². The van der Waals surface area contributed by atoms with Gasteiger partial charge in [-0.05, 0) is 18.1 Å². The Morgan fingerprint density at radius 2 is 2.17 bits per heavy atom. The predicted octanol–water partition coefficient (Wildman–Crippen LogP) is 1.04. The molecule has 1 rings (SSSR count). The van der Waals surface area contributed by atoms with Crippen LogP contribution in [0, 0.1) is 6.92 Å². The predicted molar refractivity (Wildman–Crippen MR) is 44.8 cm³/mol. The average Bonchev–Trinajstić information content (AvgIpc) is 2.09. The first-order valence-electron chi connectivity index (χ1n) is 3.71. The second-order valence-electron chi connectivity index (χ2n) is 2.64. The van der Waals surface area contributed by atoms with E-state index in [1.807, 2.05) is 31.2 Å². The fraction of sp³-hybridized carbons (Fsp3) is 0.222. The molecule has 0 aliphatic heterocycles.